The van der Waals surface area contributed by atoms with Gasteiger partial charge in [-0.05, 0) is 34.7 Å². The molecule has 137 valence electrons. The first-order chi connectivity index (χ1) is 13.0. The van der Waals surface area contributed by atoms with Gasteiger partial charge in [-0.25, -0.2) is 0 Å². The highest BCUT2D eigenvalue weighted by atomic mass is 35.5. The Morgan fingerprint density at radius 2 is 1.19 bits per heavy atom. The Kier molecular flexibility index (Phi) is 6.10. The topological polar surface area (TPSA) is 43.1 Å². The van der Waals surface area contributed by atoms with Gasteiger partial charge in [0.05, 0.1) is 12.0 Å². The van der Waals surface area contributed by atoms with E-state index in [-0.39, 0.29) is 11.7 Å². The van der Waals surface area contributed by atoms with Gasteiger partial charge in [-0.2, -0.15) is 0 Å². The number of hydrogen-bond acceptors (Lipinski definition) is 2. The van der Waals surface area contributed by atoms with Gasteiger partial charge in [-0.15, -0.1) is 0 Å². The van der Waals surface area contributed by atoms with Gasteiger partial charge >= 0.3 is 0 Å². The molecular formula is C24H23ClNO. The molecule has 27 heavy (non-hydrogen) atoms. The summed E-state index contributed by atoms with van der Waals surface area (Å²) in [6, 6.07) is 25.2. The molecule has 1 atom stereocenters. The van der Waals surface area contributed by atoms with Crippen LogP contribution in [-0.2, 0) is 0 Å². The summed E-state index contributed by atoms with van der Waals surface area (Å²) >= 11 is 6.06. The molecule has 3 aromatic carbocycles. The number of nitrogens with two attached hydrogens (primary N) is 1. The Labute approximate surface area is 166 Å². The van der Waals surface area contributed by atoms with Gasteiger partial charge in [0.2, 0.25) is 0 Å². The molecule has 0 aliphatic heterocycles. The van der Waals surface area contributed by atoms with Gasteiger partial charge in [0.1, 0.15) is 0 Å². The third kappa shape index (κ3) is 4.47. The number of ketones is 1. The lowest BCUT2D eigenvalue weighted by atomic mass is 9.84. The van der Waals surface area contributed by atoms with Gasteiger partial charge in [0.25, 0.3) is 0 Å². The van der Waals surface area contributed by atoms with E-state index in [9.17, 15) is 4.79 Å². The van der Waals surface area contributed by atoms with Gasteiger partial charge in [0.15, 0.2) is 5.78 Å². The van der Waals surface area contributed by atoms with Crippen molar-refractivity contribution in [1.29, 1.82) is 0 Å². The van der Waals surface area contributed by atoms with E-state index in [1.807, 2.05) is 80.6 Å². The molecule has 0 amide bonds. The van der Waals surface area contributed by atoms with E-state index in [1.54, 1.807) is 0 Å². The molecule has 0 aliphatic rings. The maximum atomic E-state index is 12.5. The molecule has 0 unspecified atom stereocenters. The molecule has 0 fully saturated rings. The summed E-state index contributed by atoms with van der Waals surface area (Å²) in [4.78, 5) is 12.5. The quantitative estimate of drug-likeness (QED) is 0.454. The first kappa shape index (κ1) is 19.3. The van der Waals surface area contributed by atoms with Crippen molar-refractivity contribution >= 4 is 17.4 Å². The molecule has 0 heterocycles. The zero-order valence-electron chi connectivity index (χ0n) is 15.5. The van der Waals surface area contributed by atoms with Crippen LogP contribution < -0.4 is 5.73 Å². The zero-order chi connectivity index (χ0) is 19.4. The number of halogens is 1. The molecule has 0 aromatic heterocycles. The van der Waals surface area contributed by atoms with Crippen LogP contribution in [0.4, 0.5) is 0 Å². The van der Waals surface area contributed by atoms with Crippen LogP contribution in [0.25, 0.3) is 0 Å². The number of benzene rings is 3. The third-order valence-electron chi connectivity index (χ3n) is 4.67. The second-order valence-corrected chi connectivity index (χ2v) is 7.40. The summed E-state index contributed by atoms with van der Waals surface area (Å²) in [5.74, 6) is 1.18. The standard InChI is InChI=1S/C24H23ClNO/c1-16(2)23(26)24(27)20-10-8-18(9-11-20)22(17-6-4-3-5-7-17)19-12-14-21(25)15-13-19/h3-16,23H,26H2,1-2H3/t23-/m0/s1. The van der Waals surface area contributed by atoms with E-state index in [1.165, 1.54) is 0 Å². The number of hydrogen-bond donors (Lipinski definition) is 1. The van der Waals surface area contributed by atoms with Gasteiger partial charge in [-0.1, -0.05) is 92.2 Å². The highest BCUT2D eigenvalue weighted by molar-refractivity contribution is 6.30. The molecule has 3 heteroatoms. The Bertz CT molecular complexity index is 886. The predicted molar refractivity (Wildman–Crippen MR) is 112 cm³/mol. The Morgan fingerprint density at radius 3 is 1.70 bits per heavy atom. The zero-order valence-corrected chi connectivity index (χ0v) is 16.3. The van der Waals surface area contributed by atoms with E-state index >= 15 is 0 Å². The first-order valence-electron chi connectivity index (χ1n) is 9.06. The van der Waals surface area contributed by atoms with Crippen molar-refractivity contribution in [3.05, 3.63) is 112 Å². The van der Waals surface area contributed by atoms with Crippen molar-refractivity contribution in [2.45, 2.75) is 19.9 Å². The maximum absolute atomic E-state index is 12.5. The van der Waals surface area contributed by atoms with E-state index in [2.05, 4.69) is 12.1 Å². The Balaban J connectivity index is 1.98. The second-order valence-electron chi connectivity index (χ2n) is 6.96. The van der Waals surface area contributed by atoms with Gasteiger partial charge in [0, 0.05) is 10.6 Å². The highest BCUT2D eigenvalue weighted by Crippen LogP contribution is 2.31. The van der Waals surface area contributed by atoms with Crippen LogP contribution in [0.5, 0.6) is 0 Å². The fourth-order valence-electron chi connectivity index (χ4n) is 3.02. The molecule has 0 saturated heterocycles. The molecule has 0 spiro atoms. The second kappa shape index (κ2) is 8.51. The normalized spacial score (nSPS) is 12.4. The van der Waals surface area contributed by atoms with Crippen molar-refractivity contribution in [2.24, 2.45) is 11.7 Å². The number of Topliss-reactive ketones (excluding diaryl/α,β-unsaturated/α-hetero) is 1. The molecule has 0 bridgehead atoms. The summed E-state index contributed by atoms with van der Waals surface area (Å²) in [5, 5.41) is 0.703. The van der Waals surface area contributed by atoms with Crippen LogP contribution in [0.3, 0.4) is 0 Å². The number of rotatable bonds is 6. The molecule has 1 radical (unpaired) electrons. The SMILES string of the molecule is CC(C)[C@H](N)C(=O)c1ccc([C](c2ccccc2)c2ccc(Cl)cc2)cc1. The summed E-state index contributed by atoms with van der Waals surface area (Å²) in [5.41, 5.74) is 9.88. The van der Waals surface area contributed by atoms with Crippen LogP contribution in [0.15, 0.2) is 78.9 Å². The monoisotopic (exact) mass is 376 g/mol. The molecular weight excluding hydrogens is 354 g/mol. The highest BCUT2D eigenvalue weighted by Gasteiger charge is 2.21. The molecule has 0 aliphatic carbocycles. The lowest BCUT2D eigenvalue weighted by Gasteiger charge is -2.19. The third-order valence-corrected chi connectivity index (χ3v) is 4.93. The van der Waals surface area contributed by atoms with Crippen molar-refractivity contribution < 1.29 is 4.79 Å². The summed E-state index contributed by atoms with van der Waals surface area (Å²) in [6.45, 7) is 3.91. The van der Waals surface area contributed by atoms with Crippen molar-refractivity contribution in [3.63, 3.8) is 0 Å². The summed E-state index contributed by atoms with van der Waals surface area (Å²) in [7, 11) is 0. The molecule has 2 N–H and O–H groups in total. The smallest absolute Gasteiger partial charge is 0.179 e. The lowest BCUT2D eigenvalue weighted by Crippen LogP contribution is -2.35. The molecule has 3 aromatic rings. The van der Waals surface area contributed by atoms with E-state index in [0.29, 0.717) is 10.6 Å². The van der Waals surface area contributed by atoms with Crippen molar-refractivity contribution in [1.82, 2.24) is 0 Å². The minimum Gasteiger partial charge on any atom is -0.321 e. The fourth-order valence-corrected chi connectivity index (χ4v) is 3.14. The Morgan fingerprint density at radius 1 is 0.741 bits per heavy atom. The lowest BCUT2D eigenvalue weighted by molar-refractivity contribution is 0.0940. The first-order valence-corrected chi connectivity index (χ1v) is 9.43. The average Bonchev–Trinajstić information content (AvgIpc) is 2.70. The molecule has 0 saturated carbocycles. The summed E-state index contributed by atoms with van der Waals surface area (Å²) in [6.07, 6.45) is 0. The maximum Gasteiger partial charge on any atom is 0.179 e. The van der Waals surface area contributed by atoms with E-state index < -0.39 is 6.04 Å². The minimum atomic E-state index is -0.482. The van der Waals surface area contributed by atoms with Gasteiger partial charge in [-0.3, -0.25) is 4.79 Å². The van der Waals surface area contributed by atoms with Crippen LogP contribution >= 0.6 is 11.6 Å². The largest absolute Gasteiger partial charge is 0.321 e. The summed E-state index contributed by atoms with van der Waals surface area (Å²) < 4.78 is 0. The van der Waals surface area contributed by atoms with Crippen molar-refractivity contribution in [2.75, 3.05) is 0 Å². The van der Waals surface area contributed by atoms with Crippen LogP contribution in [0.2, 0.25) is 5.02 Å². The average molecular weight is 377 g/mol. The minimum absolute atomic E-state index is 0.0238. The molecule has 3 rings (SSSR count). The fraction of sp³-hybridized carbons (Fsp3) is 0.167. The number of carbonyl (C=O) groups excluding carboxylic acids is 1. The van der Waals surface area contributed by atoms with E-state index in [4.69, 9.17) is 17.3 Å². The number of carbonyl (C=O) groups is 1. The van der Waals surface area contributed by atoms with E-state index in [0.717, 1.165) is 22.6 Å². The van der Waals surface area contributed by atoms with Gasteiger partial charge < -0.3 is 5.73 Å². The van der Waals surface area contributed by atoms with Crippen LogP contribution in [0, 0.1) is 11.8 Å². The predicted octanol–water partition coefficient (Wildman–Crippen LogP) is 5.53. The van der Waals surface area contributed by atoms with Crippen LogP contribution in [0.1, 0.15) is 40.9 Å². The van der Waals surface area contributed by atoms with Crippen LogP contribution in [-0.4, -0.2) is 11.8 Å². The Hall–Kier alpha value is -2.42. The van der Waals surface area contributed by atoms with Crippen molar-refractivity contribution in [3.8, 4) is 0 Å². The molecule has 2 nitrogen and oxygen atoms in total.